The zero-order valence-corrected chi connectivity index (χ0v) is 8.08. The van der Waals surface area contributed by atoms with Crippen LogP contribution in [-0.4, -0.2) is 12.5 Å². The average molecular weight is 179 g/mol. The lowest BCUT2D eigenvalue weighted by Gasteiger charge is -1.99. The van der Waals surface area contributed by atoms with Gasteiger partial charge < -0.3 is 5.32 Å². The van der Waals surface area contributed by atoms with E-state index in [1.807, 2.05) is 42.9 Å². The molecule has 0 aliphatic carbocycles. The van der Waals surface area contributed by atoms with E-state index >= 15 is 0 Å². The average Bonchev–Trinajstić information content (AvgIpc) is 2.18. The summed E-state index contributed by atoms with van der Waals surface area (Å²) in [6.07, 6.45) is 3.80. The van der Waals surface area contributed by atoms with Crippen molar-refractivity contribution < 1.29 is 9.36 Å². The van der Waals surface area contributed by atoms with Crippen molar-refractivity contribution in [2.24, 2.45) is 0 Å². The Kier molecular flexibility index (Phi) is 3.43. The van der Waals surface area contributed by atoms with Crippen molar-refractivity contribution in [2.45, 2.75) is 20.4 Å². The lowest BCUT2D eigenvalue weighted by molar-refractivity contribution is -0.693. The van der Waals surface area contributed by atoms with Crippen molar-refractivity contribution in [3.63, 3.8) is 0 Å². The molecule has 0 unspecified atom stereocenters. The van der Waals surface area contributed by atoms with Crippen molar-refractivity contribution >= 4 is 5.91 Å². The third kappa shape index (κ3) is 2.54. The number of carbonyl (C=O) groups is 1. The van der Waals surface area contributed by atoms with Gasteiger partial charge in [0.05, 0.1) is 0 Å². The highest BCUT2D eigenvalue weighted by Gasteiger charge is 2.07. The van der Waals surface area contributed by atoms with Crippen LogP contribution in [-0.2, 0) is 6.54 Å². The molecule has 0 saturated carbocycles. The molecule has 3 nitrogen and oxygen atoms in total. The maximum absolute atomic E-state index is 11.4. The summed E-state index contributed by atoms with van der Waals surface area (Å²) in [4.78, 5) is 11.4. The summed E-state index contributed by atoms with van der Waals surface area (Å²) in [5.74, 6) is -0.00898. The first-order valence-electron chi connectivity index (χ1n) is 4.55. The molecule has 0 spiro atoms. The zero-order valence-electron chi connectivity index (χ0n) is 8.08. The van der Waals surface area contributed by atoms with Gasteiger partial charge in [0.25, 0.3) is 5.91 Å². The molecule has 0 aromatic carbocycles. The Morgan fingerprint density at radius 3 is 2.92 bits per heavy atom. The number of amides is 1. The number of aryl methyl sites for hydroxylation is 1. The van der Waals surface area contributed by atoms with Gasteiger partial charge in [-0.3, -0.25) is 4.79 Å². The van der Waals surface area contributed by atoms with Crippen LogP contribution in [0.4, 0.5) is 0 Å². The summed E-state index contributed by atoms with van der Waals surface area (Å²) >= 11 is 0. The minimum atomic E-state index is -0.00898. The summed E-state index contributed by atoms with van der Waals surface area (Å²) in [6, 6.07) is 3.70. The zero-order chi connectivity index (χ0) is 9.68. The summed E-state index contributed by atoms with van der Waals surface area (Å²) in [5.41, 5.74) is 0.714. The Hall–Kier alpha value is -1.38. The fraction of sp³-hybridized carbons (Fsp3) is 0.400. The van der Waals surface area contributed by atoms with E-state index in [2.05, 4.69) is 5.32 Å². The number of aromatic nitrogens is 1. The number of nitrogens with zero attached hydrogens (tertiary/aromatic N) is 1. The number of hydrogen-bond acceptors (Lipinski definition) is 1. The molecule has 3 heteroatoms. The summed E-state index contributed by atoms with van der Waals surface area (Å²) < 4.78 is 1.98. The molecule has 1 rings (SSSR count). The van der Waals surface area contributed by atoms with Gasteiger partial charge >= 0.3 is 0 Å². The van der Waals surface area contributed by atoms with Gasteiger partial charge in [-0.05, 0) is 19.9 Å². The van der Waals surface area contributed by atoms with E-state index in [4.69, 9.17) is 0 Å². The highest BCUT2D eigenvalue weighted by molar-refractivity contribution is 5.93. The van der Waals surface area contributed by atoms with Crippen molar-refractivity contribution in [1.29, 1.82) is 0 Å². The lowest BCUT2D eigenvalue weighted by atomic mass is 10.2. The number of pyridine rings is 1. The Labute approximate surface area is 78.4 Å². The molecule has 13 heavy (non-hydrogen) atoms. The second-order valence-electron chi connectivity index (χ2n) is 2.78. The molecule has 70 valence electrons. The molecule has 1 amide bonds. The molecule has 0 aliphatic rings. The molecule has 1 N–H and O–H groups in total. The van der Waals surface area contributed by atoms with Gasteiger partial charge in [-0.25, -0.2) is 4.57 Å². The van der Waals surface area contributed by atoms with Gasteiger partial charge in [-0.2, -0.15) is 0 Å². The van der Waals surface area contributed by atoms with E-state index in [1.54, 1.807) is 0 Å². The van der Waals surface area contributed by atoms with Crippen molar-refractivity contribution in [2.75, 3.05) is 6.54 Å². The standard InChI is InChI=1S/C10H14N2O/c1-3-11-10(13)9-6-5-7-12(4-2)8-9/h5-8H,3-4H2,1-2H3/p+1. The van der Waals surface area contributed by atoms with Crippen LogP contribution in [0.5, 0.6) is 0 Å². The van der Waals surface area contributed by atoms with Gasteiger partial charge in [0.2, 0.25) is 0 Å². The highest BCUT2D eigenvalue weighted by Crippen LogP contribution is 1.93. The predicted molar refractivity (Wildman–Crippen MR) is 50.3 cm³/mol. The van der Waals surface area contributed by atoms with E-state index in [1.165, 1.54) is 0 Å². The van der Waals surface area contributed by atoms with Crippen molar-refractivity contribution in [3.05, 3.63) is 30.1 Å². The van der Waals surface area contributed by atoms with Gasteiger partial charge in [0.15, 0.2) is 12.4 Å². The highest BCUT2D eigenvalue weighted by atomic mass is 16.1. The van der Waals surface area contributed by atoms with Gasteiger partial charge in [0.1, 0.15) is 12.1 Å². The summed E-state index contributed by atoms with van der Waals surface area (Å²) in [6.45, 7) is 5.50. The fourth-order valence-corrected chi connectivity index (χ4v) is 1.12. The molecule has 0 fully saturated rings. The second-order valence-corrected chi connectivity index (χ2v) is 2.78. The summed E-state index contributed by atoms with van der Waals surface area (Å²) in [7, 11) is 0. The maximum atomic E-state index is 11.4. The Morgan fingerprint density at radius 2 is 2.31 bits per heavy atom. The molecule has 1 aromatic heterocycles. The van der Waals surface area contributed by atoms with Crippen LogP contribution in [0.1, 0.15) is 24.2 Å². The minimum Gasteiger partial charge on any atom is -0.352 e. The fourth-order valence-electron chi connectivity index (χ4n) is 1.12. The monoisotopic (exact) mass is 179 g/mol. The molecule has 0 saturated heterocycles. The molecule has 0 radical (unpaired) electrons. The van der Waals surface area contributed by atoms with Gasteiger partial charge in [0, 0.05) is 12.6 Å². The molecular formula is C10H15N2O+. The quantitative estimate of drug-likeness (QED) is 0.682. The first-order chi connectivity index (χ1) is 6.27. The molecular weight excluding hydrogens is 164 g/mol. The van der Waals surface area contributed by atoms with E-state index in [0.29, 0.717) is 12.1 Å². The predicted octanol–water partition coefficient (Wildman–Crippen LogP) is 0.744. The van der Waals surface area contributed by atoms with Crippen molar-refractivity contribution in [1.82, 2.24) is 5.32 Å². The molecule has 1 heterocycles. The van der Waals surface area contributed by atoms with E-state index < -0.39 is 0 Å². The number of carbonyl (C=O) groups excluding carboxylic acids is 1. The Bertz CT molecular complexity index is 297. The third-order valence-corrected chi connectivity index (χ3v) is 1.82. The van der Waals surface area contributed by atoms with Crippen LogP contribution in [0.3, 0.4) is 0 Å². The summed E-state index contributed by atoms with van der Waals surface area (Å²) in [5, 5.41) is 2.76. The first-order valence-corrected chi connectivity index (χ1v) is 4.55. The van der Waals surface area contributed by atoms with Gasteiger partial charge in [-0.1, -0.05) is 0 Å². The first kappa shape index (κ1) is 9.71. The van der Waals surface area contributed by atoms with Crippen LogP contribution < -0.4 is 9.88 Å². The molecule has 0 bridgehead atoms. The topological polar surface area (TPSA) is 33.0 Å². The van der Waals surface area contributed by atoms with Crippen LogP contribution in [0, 0.1) is 0 Å². The normalized spacial score (nSPS) is 9.69. The third-order valence-electron chi connectivity index (χ3n) is 1.82. The number of nitrogens with one attached hydrogen (secondary N) is 1. The van der Waals surface area contributed by atoms with Crippen LogP contribution >= 0.6 is 0 Å². The van der Waals surface area contributed by atoms with Crippen LogP contribution in [0.25, 0.3) is 0 Å². The molecule has 1 aromatic rings. The van der Waals surface area contributed by atoms with Crippen LogP contribution in [0.15, 0.2) is 24.5 Å². The maximum Gasteiger partial charge on any atom is 0.257 e. The second kappa shape index (κ2) is 4.60. The smallest absolute Gasteiger partial charge is 0.257 e. The van der Waals surface area contributed by atoms with Crippen molar-refractivity contribution in [3.8, 4) is 0 Å². The van der Waals surface area contributed by atoms with Crippen LogP contribution in [0.2, 0.25) is 0 Å². The molecule has 0 atom stereocenters. The molecule has 0 aliphatic heterocycles. The number of hydrogen-bond donors (Lipinski definition) is 1. The number of rotatable bonds is 3. The van der Waals surface area contributed by atoms with E-state index in [-0.39, 0.29) is 5.91 Å². The van der Waals surface area contributed by atoms with E-state index in [9.17, 15) is 4.79 Å². The van der Waals surface area contributed by atoms with Gasteiger partial charge in [-0.15, -0.1) is 0 Å². The Morgan fingerprint density at radius 1 is 1.54 bits per heavy atom. The largest absolute Gasteiger partial charge is 0.352 e. The minimum absolute atomic E-state index is 0.00898. The Balaban J connectivity index is 2.82. The van der Waals surface area contributed by atoms with E-state index in [0.717, 1.165) is 6.54 Å². The lowest BCUT2D eigenvalue weighted by Crippen LogP contribution is -2.34. The SMILES string of the molecule is CCNC(=O)c1ccc[n+](CC)c1.